The van der Waals surface area contributed by atoms with Gasteiger partial charge < -0.3 is 15.8 Å². The van der Waals surface area contributed by atoms with E-state index < -0.39 is 0 Å². The second kappa shape index (κ2) is 5.10. The molecular weight excluding hydrogens is 252 g/mol. The van der Waals surface area contributed by atoms with Crippen molar-refractivity contribution in [3.8, 4) is 5.75 Å². The average molecular weight is 265 g/mol. The van der Waals surface area contributed by atoms with Gasteiger partial charge in [0.25, 0.3) is 0 Å². The molecule has 1 aromatic carbocycles. The molecule has 0 bridgehead atoms. The lowest BCUT2D eigenvalue weighted by Gasteiger charge is -2.13. The number of anilines is 3. The van der Waals surface area contributed by atoms with Crippen molar-refractivity contribution in [2.45, 2.75) is 6.92 Å². The largest absolute Gasteiger partial charge is 0.490 e. The van der Waals surface area contributed by atoms with Gasteiger partial charge in [0.15, 0.2) is 11.6 Å². The maximum absolute atomic E-state index is 6.06. The second-order valence-corrected chi connectivity index (χ2v) is 4.09. The van der Waals surface area contributed by atoms with Gasteiger partial charge in [-0.1, -0.05) is 17.7 Å². The minimum atomic E-state index is 0.287. The van der Waals surface area contributed by atoms with E-state index in [0.717, 1.165) is 11.3 Å². The van der Waals surface area contributed by atoms with E-state index in [-0.39, 0.29) is 5.82 Å². The minimum Gasteiger partial charge on any atom is -0.490 e. The molecule has 0 unspecified atom stereocenters. The Labute approximate surface area is 110 Å². The highest BCUT2D eigenvalue weighted by atomic mass is 35.5. The summed E-state index contributed by atoms with van der Waals surface area (Å²) in [5.74, 6) is 1.21. The molecule has 0 aliphatic heterocycles. The highest BCUT2D eigenvalue weighted by molar-refractivity contribution is 6.31. The minimum absolute atomic E-state index is 0.287. The smallest absolute Gasteiger partial charge is 0.204 e. The van der Waals surface area contributed by atoms with E-state index in [2.05, 4.69) is 15.3 Å². The van der Waals surface area contributed by atoms with Crippen LogP contribution in [0.25, 0.3) is 0 Å². The molecule has 0 aliphatic rings. The van der Waals surface area contributed by atoms with Crippen molar-refractivity contribution in [3.05, 3.63) is 35.1 Å². The van der Waals surface area contributed by atoms with Crippen LogP contribution in [0.1, 0.15) is 5.56 Å². The van der Waals surface area contributed by atoms with Gasteiger partial charge in [0.1, 0.15) is 6.33 Å². The van der Waals surface area contributed by atoms with Crippen LogP contribution in [0.4, 0.5) is 17.3 Å². The summed E-state index contributed by atoms with van der Waals surface area (Å²) in [4.78, 5) is 7.97. The van der Waals surface area contributed by atoms with Crippen molar-refractivity contribution >= 4 is 28.9 Å². The number of nitrogen functional groups attached to an aromatic ring is 1. The fourth-order valence-corrected chi connectivity index (χ4v) is 1.72. The number of ether oxygens (including phenoxy) is 1. The first-order chi connectivity index (χ1) is 8.63. The van der Waals surface area contributed by atoms with Crippen LogP contribution < -0.4 is 15.8 Å². The molecule has 0 amide bonds. The van der Waals surface area contributed by atoms with Crippen LogP contribution in [0.2, 0.25) is 5.02 Å². The molecule has 0 spiro atoms. The van der Waals surface area contributed by atoms with E-state index in [4.69, 9.17) is 22.1 Å². The van der Waals surface area contributed by atoms with Crippen LogP contribution in [0, 0.1) is 6.92 Å². The first-order valence-electron chi connectivity index (χ1n) is 5.30. The molecule has 18 heavy (non-hydrogen) atoms. The van der Waals surface area contributed by atoms with Crippen LogP contribution in [-0.4, -0.2) is 17.1 Å². The van der Waals surface area contributed by atoms with Crippen LogP contribution in [0.5, 0.6) is 5.75 Å². The third kappa shape index (κ3) is 2.31. The Morgan fingerprint density at radius 1 is 1.33 bits per heavy atom. The molecule has 1 heterocycles. The predicted octanol–water partition coefficient (Wildman–Crippen LogP) is 2.77. The third-order valence-corrected chi connectivity index (χ3v) is 2.97. The standard InChI is InChI=1S/C12H13ClN4O/c1-7-8(13)4-3-5-9(7)17-12-10(18-2)11(14)15-6-16-12/h3-6H,1-2H3,(H3,14,15,16,17). The highest BCUT2D eigenvalue weighted by Gasteiger charge is 2.11. The lowest BCUT2D eigenvalue weighted by atomic mass is 10.2. The third-order valence-electron chi connectivity index (χ3n) is 2.56. The molecule has 0 aliphatic carbocycles. The topological polar surface area (TPSA) is 73.1 Å². The van der Waals surface area contributed by atoms with E-state index in [1.165, 1.54) is 13.4 Å². The maximum Gasteiger partial charge on any atom is 0.204 e. The second-order valence-electron chi connectivity index (χ2n) is 3.68. The maximum atomic E-state index is 6.06. The Kier molecular flexibility index (Phi) is 3.53. The molecule has 0 radical (unpaired) electrons. The Morgan fingerprint density at radius 2 is 2.11 bits per heavy atom. The molecule has 2 aromatic rings. The van der Waals surface area contributed by atoms with Gasteiger partial charge in [-0.15, -0.1) is 0 Å². The quantitative estimate of drug-likeness (QED) is 0.892. The lowest BCUT2D eigenvalue weighted by molar-refractivity contribution is 0.415. The Balaban J connectivity index is 2.40. The first kappa shape index (κ1) is 12.4. The van der Waals surface area contributed by atoms with E-state index >= 15 is 0 Å². The Bertz CT molecular complexity index is 574. The lowest BCUT2D eigenvalue weighted by Crippen LogP contribution is -2.03. The number of halogens is 1. The van der Waals surface area contributed by atoms with Gasteiger partial charge in [-0.05, 0) is 24.6 Å². The molecule has 0 saturated heterocycles. The molecule has 0 saturated carbocycles. The zero-order valence-corrected chi connectivity index (χ0v) is 10.8. The van der Waals surface area contributed by atoms with Crippen molar-refractivity contribution < 1.29 is 4.74 Å². The molecule has 2 rings (SSSR count). The molecule has 6 heteroatoms. The van der Waals surface area contributed by atoms with Crippen molar-refractivity contribution in [1.29, 1.82) is 0 Å². The molecular formula is C12H13ClN4O. The number of rotatable bonds is 3. The molecule has 94 valence electrons. The fraction of sp³-hybridized carbons (Fsp3) is 0.167. The number of aromatic nitrogens is 2. The number of nitrogens with two attached hydrogens (primary N) is 1. The summed E-state index contributed by atoms with van der Waals surface area (Å²) in [6.45, 7) is 1.92. The number of nitrogens with zero attached hydrogens (tertiary/aromatic N) is 2. The number of hydrogen-bond donors (Lipinski definition) is 2. The van der Waals surface area contributed by atoms with Gasteiger partial charge in [-0.25, -0.2) is 9.97 Å². The zero-order chi connectivity index (χ0) is 13.1. The molecule has 1 aromatic heterocycles. The molecule has 3 N–H and O–H groups in total. The van der Waals surface area contributed by atoms with Gasteiger partial charge in [0.05, 0.1) is 7.11 Å². The highest BCUT2D eigenvalue weighted by Crippen LogP contribution is 2.31. The van der Waals surface area contributed by atoms with Gasteiger partial charge in [0.2, 0.25) is 5.75 Å². The van der Waals surface area contributed by atoms with E-state index in [1.54, 1.807) is 0 Å². The number of benzene rings is 1. The van der Waals surface area contributed by atoms with Crippen LogP contribution in [0.15, 0.2) is 24.5 Å². The monoisotopic (exact) mass is 264 g/mol. The number of hydrogen-bond acceptors (Lipinski definition) is 5. The van der Waals surface area contributed by atoms with Crippen LogP contribution >= 0.6 is 11.6 Å². The average Bonchev–Trinajstić information content (AvgIpc) is 2.35. The van der Waals surface area contributed by atoms with E-state index in [9.17, 15) is 0 Å². The van der Waals surface area contributed by atoms with Gasteiger partial charge in [-0.2, -0.15) is 0 Å². The van der Waals surface area contributed by atoms with Crippen LogP contribution in [-0.2, 0) is 0 Å². The van der Waals surface area contributed by atoms with Gasteiger partial charge in [0, 0.05) is 10.7 Å². The summed E-state index contributed by atoms with van der Waals surface area (Å²) in [6.07, 6.45) is 1.38. The summed E-state index contributed by atoms with van der Waals surface area (Å²) in [7, 11) is 1.52. The summed E-state index contributed by atoms with van der Waals surface area (Å²) < 4.78 is 5.17. The van der Waals surface area contributed by atoms with Gasteiger partial charge >= 0.3 is 0 Å². The Hall–Kier alpha value is -2.01. The fourth-order valence-electron chi connectivity index (χ4n) is 1.55. The van der Waals surface area contributed by atoms with Gasteiger partial charge in [-0.3, -0.25) is 0 Å². The summed E-state index contributed by atoms with van der Waals surface area (Å²) >= 11 is 6.06. The molecule has 0 fully saturated rings. The summed E-state index contributed by atoms with van der Waals surface area (Å²) in [5, 5.41) is 3.81. The number of nitrogens with one attached hydrogen (secondary N) is 1. The Morgan fingerprint density at radius 3 is 2.83 bits per heavy atom. The summed E-state index contributed by atoms with van der Waals surface area (Å²) in [5.41, 5.74) is 7.49. The molecule has 5 nitrogen and oxygen atoms in total. The molecule has 0 atom stereocenters. The van der Waals surface area contributed by atoms with Crippen molar-refractivity contribution in [2.75, 3.05) is 18.2 Å². The SMILES string of the molecule is COc1c(N)ncnc1Nc1cccc(Cl)c1C. The van der Waals surface area contributed by atoms with Crippen molar-refractivity contribution in [3.63, 3.8) is 0 Å². The number of methoxy groups -OCH3 is 1. The van der Waals surface area contributed by atoms with Crippen molar-refractivity contribution in [1.82, 2.24) is 9.97 Å². The summed E-state index contributed by atoms with van der Waals surface area (Å²) in [6, 6.07) is 5.58. The van der Waals surface area contributed by atoms with E-state index in [1.807, 2.05) is 25.1 Å². The van der Waals surface area contributed by atoms with Crippen LogP contribution in [0.3, 0.4) is 0 Å². The normalized spacial score (nSPS) is 10.2. The predicted molar refractivity (Wildman–Crippen MR) is 72.5 cm³/mol. The first-order valence-corrected chi connectivity index (χ1v) is 5.68. The zero-order valence-electron chi connectivity index (χ0n) is 10.1. The van der Waals surface area contributed by atoms with Crippen molar-refractivity contribution in [2.24, 2.45) is 0 Å². The van der Waals surface area contributed by atoms with E-state index in [0.29, 0.717) is 16.6 Å².